The average molecular weight is 640 g/mol. The number of hydrogen-bond donors (Lipinski definition) is 3. The van der Waals surface area contributed by atoms with Crippen molar-refractivity contribution >= 4 is 92.8 Å². The molecule has 39 heavy (non-hydrogen) atoms. The zero-order valence-electron chi connectivity index (χ0n) is 19.4. The van der Waals surface area contributed by atoms with Gasteiger partial charge in [0.05, 0.1) is 37.9 Å². The molecule has 14 heteroatoms. The Morgan fingerprint density at radius 3 is 1.97 bits per heavy atom. The first-order chi connectivity index (χ1) is 18.2. The summed E-state index contributed by atoms with van der Waals surface area (Å²) in [5, 5.41) is 7.20. The smallest absolute Gasteiger partial charge is 0.258 e. The highest BCUT2D eigenvalue weighted by molar-refractivity contribution is 6.54. The van der Waals surface area contributed by atoms with E-state index in [1.165, 1.54) is 18.2 Å². The topological polar surface area (TPSA) is 87.3 Å². The number of amides is 3. The Morgan fingerprint density at radius 1 is 0.795 bits per heavy atom. The van der Waals surface area contributed by atoms with Crippen molar-refractivity contribution in [2.75, 3.05) is 16.0 Å². The quantitative estimate of drug-likeness (QED) is 0.190. The van der Waals surface area contributed by atoms with Gasteiger partial charge in [0.15, 0.2) is 0 Å². The number of carbonyl (C=O) groups excluding carboxylic acids is 3. The third kappa shape index (κ3) is 6.07. The first kappa shape index (κ1) is 29.3. The minimum Gasteiger partial charge on any atom is -0.326 e. The zero-order valence-corrected chi connectivity index (χ0v) is 23.2. The largest absolute Gasteiger partial charge is 0.326 e. The third-order valence-corrected chi connectivity index (χ3v) is 7.93. The number of benzene rings is 3. The van der Waals surface area contributed by atoms with Gasteiger partial charge in [0.1, 0.15) is 21.8 Å². The van der Waals surface area contributed by atoms with Crippen molar-refractivity contribution in [3.8, 4) is 0 Å². The van der Waals surface area contributed by atoms with Gasteiger partial charge in [-0.25, -0.2) is 13.2 Å². The van der Waals surface area contributed by atoms with Gasteiger partial charge >= 0.3 is 0 Å². The van der Waals surface area contributed by atoms with Crippen LogP contribution in [0.2, 0.25) is 15.1 Å². The summed E-state index contributed by atoms with van der Waals surface area (Å²) in [6.45, 7) is 1.11. The summed E-state index contributed by atoms with van der Waals surface area (Å²) in [6, 6.07) is 7.37. The van der Waals surface area contributed by atoms with E-state index in [2.05, 4.69) is 16.0 Å². The van der Waals surface area contributed by atoms with Gasteiger partial charge < -0.3 is 16.0 Å². The van der Waals surface area contributed by atoms with Crippen LogP contribution in [0.1, 0.15) is 28.8 Å². The SMILES string of the molecule is CC(=O)Nc1cc(NC(=O)c2cc(NC(=O)[C@H]3[C@H](c4cc(Cl)c(Cl)c(Cl)c4)C3(Cl)Cl)ccc2F)c(F)cc1F. The van der Waals surface area contributed by atoms with Crippen LogP contribution in [0.3, 0.4) is 0 Å². The van der Waals surface area contributed by atoms with Crippen LogP contribution in [0.4, 0.5) is 30.2 Å². The van der Waals surface area contributed by atoms with Gasteiger partial charge in [-0.2, -0.15) is 0 Å². The summed E-state index contributed by atoms with van der Waals surface area (Å²) in [4.78, 5) is 37.0. The lowest BCUT2D eigenvalue weighted by Crippen LogP contribution is -2.19. The third-order valence-electron chi connectivity index (χ3n) is 5.80. The highest BCUT2D eigenvalue weighted by Gasteiger charge is 2.67. The van der Waals surface area contributed by atoms with E-state index in [4.69, 9.17) is 58.0 Å². The van der Waals surface area contributed by atoms with Crippen molar-refractivity contribution in [1.82, 2.24) is 0 Å². The molecule has 1 aliphatic rings. The van der Waals surface area contributed by atoms with Gasteiger partial charge in [-0.1, -0.05) is 34.8 Å². The second kappa shape index (κ2) is 11.1. The molecule has 1 fully saturated rings. The molecule has 2 atom stereocenters. The van der Waals surface area contributed by atoms with E-state index in [0.29, 0.717) is 11.6 Å². The second-order valence-corrected chi connectivity index (χ2v) is 11.2. The molecule has 1 saturated carbocycles. The van der Waals surface area contributed by atoms with Gasteiger partial charge in [-0.05, 0) is 42.0 Å². The molecule has 0 spiro atoms. The fourth-order valence-electron chi connectivity index (χ4n) is 3.94. The average Bonchev–Trinajstić information content (AvgIpc) is 3.43. The molecule has 0 bridgehead atoms. The summed E-state index contributed by atoms with van der Waals surface area (Å²) in [5.74, 6) is -7.28. The summed E-state index contributed by atoms with van der Waals surface area (Å²) in [6.07, 6.45) is 0. The molecule has 3 aromatic rings. The molecule has 3 N–H and O–H groups in total. The molecule has 0 saturated heterocycles. The standard InChI is InChI=1S/C25H15Cl5F3N3O3/c1-9(37)34-18-8-19(17(33)7-16(18)32)36-23(38)12-6-11(2-3-15(12)31)35-24(39)21-20(25(21,29)30)10-4-13(26)22(28)14(27)5-10/h2-8,20-21H,1H3,(H,34,37)(H,35,39)(H,36,38)/t20-,21+/m0/s1. The van der Waals surface area contributed by atoms with Crippen LogP contribution in [-0.4, -0.2) is 22.1 Å². The van der Waals surface area contributed by atoms with Gasteiger partial charge in [0.25, 0.3) is 5.91 Å². The number of hydrogen-bond acceptors (Lipinski definition) is 3. The fraction of sp³-hybridized carbons (Fsp3) is 0.160. The highest BCUT2D eigenvalue weighted by Crippen LogP contribution is 2.65. The molecule has 3 aromatic carbocycles. The van der Waals surface area contributed by atoms with Crippen molar-refractivity contribution < 1.29 is 27.6 Å². The van der Waals surface area contributed by atoms with Crippen LogP contribution >= 0.6 is 58.0 Å². The van der Waals surface area contributed by atoms with Crippen molar-refractivity contribution in [3.63, 3.8) is 0 Å². The molecule has 6 nitrogen and oxygen atoms in total. The molecule has 0 aromatic heterocycles. The monoisotopic (exact) mass is 637 g/mol. The zero-order chi connectivity index (χ0) is 28.8. The molecule has 4 rings (SSSR count). The number of rotatable bonds is 6. The molecule has 3 amide bonds. The van der Waals surface area contributed by atoms with Crippen molar-refractivity contribution in [3.05, 3.63) is 86.1 Å². The molecule has 0 heterocycles. The van der Waals surface area contributed by atoms with E-state index >= 15 is 0 Å². The highest BCUT2D eigenvalue weighted by atomic mass is 35.5. The first-order valence-corrected chi connectivity index (χ1v) is 12.8. The number of halogens is 8. The van der Waals surface area contributed by atoms with E-state index in [1.807, 2.05) is 0 Å². The van der Waals surface area contributed by atoms with E-state index in [9.17, 15) is 27.6 Å². The lowest BCUT2D eigenvalue weighted by molar-refractivity contribution is -0.117. The van der Waals surface area contributed by atoms with Crippen molar-refractivity contribution in [2.24, 2.45) is 5.92 Å². The fourth-order valence-corrected chi connectivity index (χ4v) is 5.38. The maximum Gasteiger partial charge on any atom is 0.258 e. The minimum absolute atomic E-state index is 0.00650. The summed E-state index contributed by atoms with van der Waals surface area (Å²) < 4.78 is 41.1. The Hall–Kier alpha value is -2.69. The molecular formula is C25H15Cl5F3N3O3. The predicted octanol–water partition coefficient (Wildman–Crippen LogP) is 7.80. The van der Waals surface area contributed by atoms with Crippen LogP contribution in [0.25, 0.3) is 0 Å². The normalized spacial score (nSPS) is 17.4. The first-order valence-electron chi connectivity index (χ1n) is 10.9. The summed E-state index contributed by atoms with van der Waals surface area (Å²) in [5.41, 5.74) is -1.00. The maximum atomic E-state index is 14.5. The molecule has 0 radical (unpaired) electrons. The Balaban J connectivity index is 1.53. The van der Waals surface area contributed by atoms with Gasteiger partial charge in [-0.3, -0.25) is 14.4 Å². The van der Waals surface area contributed by atoms with Gasteiger partial charge in [0, 0.05) is 24.6 Å². The van der Waals surface area contributed by atoms with E-state index < -0.39 is 68.3 Å². The Bertz CT molecular complexity index is 1510. The minimum atomic E-state index is -1.52. The van der Waals surface area contributed by atoms with Crippen LogP contribution in [0.5, 0.6) is 0 Å². The van der Waals surface area contributed by atoms with Crippen LogP contribution in [0.15, 0.2) is 42.5 Å². The number of nitrogens with one attached hydrogen (secondary N) is 3. The summed E-state index contributed by atoms with van der Waals surface area (Å²) >= 11 is 30.8. The van der Waals surface area contributed by atoms with Crippen LogP contribution in [-0.2, 0) is 9.59 Å². The number of anilines is 3. The van der Waals surface area contributed by atoms with Crippen LogP contribution in [0, 0.1) is 23.4 Å². The Morgan fingerprint density at radius 2 is 1.38 bits per heavy atom. The maximum absolute atomic E-state index is 14.5. The predicted molar refractivity (Wildman–Crippen MR) is 146 cm³/mol. The molecular weight excluding hydrogens is 625 g/mol. The van der Waals surface area contributed by atoms with Crippen molar-refractivity contribution in [1.29, 1.82) is 0 Å². The number of alkyl halides is 2. The van der Waals surface area contributed by atoms with E-state index in [1.54, 1.807) is 0 Å². The van der Waals surface area contributed by atoms with Crippen LogP contribution < -0.4 is 16.0 Å². The van der Waals surface area contributed by atoms with E-state index in [-0.39, 0.29) is 20.8 Å². The molecule has 1 aliphatic carbocycles. The van der Waals surface area contributed by atoms with Crippen molar-refractivity contribution in [2.45, 2.75) is 17.2 Å². The molecule has 204 valence electrons. The lowest BCUT2D eigenvalue weighted by Gasteiger charge is -2.12. The number of carbonyl (C=O) groups is 3. The molecule has 0 unspecified atom stereocenters. The molecule has 0 aliphatic heterocycles. The van der Waals surface area contributed by atoms with Gasteiger partial charge in [-0.15, -0.1) is 23.2 Å². The van der Waals surface area contributed by atoms with E-state index in [0.717, 1.165) is 25.1 Å². The Labute approximate surface area is 244 Å². The van der Waals surface area contributed by atoms with Gasteiger partial charge in [0.2, 0.25) is 11.8 Å². The lowest BCUT2D eigenvalue weighted by atomic mass is 10.1. The Kier molecular flexibility index (Phi) is 8.31. The second-order valence-electron chi connectivity index (χ2n) is 8.56. The summed E-state index contributed by atoms with van der Waals surface area (Å²) in [7, 11) is 0.